The quantitative estimate of drug-likeness (QED) is 0.0446. The molecule has 0 spiro atoms. The number of amides is 3. The van der Waals surface area contributed by atoms with Gasteiger partial charge in [0, 0.05) is 31.3 Å². The number of unbranched alkanes of at least 4 members (excludes halogenated alkanes) is 4. The zero-order valence-corrected chi connectivity index (χ0v) is 32.5. The average Bonchev–Trinajstić information content (AvgIpc) is 3.08. The van der Waals surface area contributed by atoms with E-state index in [2.05, 4.69) is 32.9 Å². The Morgan fingerprint density at radius 2 is 1.20 bits per heavy atom. The maximum Gasteiger partial charge on any atom is 0.326 e. The number of hydrogen-bond donors (Lipinski definition) is 6. The molecule has 0 aliphatic rings. The molecule has 282 valence electrons. The third-order valence-corrected chi connectivity index (χ3v) is 10.5. The van der Waals surface area contributed by atoms with E-state index in [9.17, 15) is 29.1 Å². The van der Waals surface area contributed by atoms with E-state index >= 15 is 0 Å². The van der Waals surface area contributed by atoms with Crippen molar-refractivity contribution in [3.05, 3.63) is 71.8 Å². The van der Waals surface area contributed by atoms with Crippen molar-refractivity contribution in [3.8, 4) is 0 Å². The zero-order chi connectivity index (χ0) is 37.9. The number of Topliss-reactive ketones (excluding diaryl/α,β-unsaturated/α-hetero) is 1. The number of carboxylic acid groups (broad SMARTS) is 1. The fourth-order valence-corrected chi connectivity index (χ4v) is 6.02. The first-order valence-corrected chi connectivity index (χ1v) is 19.8. The first kappa shape index (κ1) is 43.8. The van der Waals surface area contributed by atoms with Crippen LogP contribution in [0.25, 0.3) is 0 Å². The highest BCUT2D eigenvalue weighted by Crippen LogP contribution is 2.30. The minimum Gasteiger partial charge on any atom is -0.480 e. The van der Waals surface area contributed by atoms with Gasteiger partial charge in [0.1, 0.15) is 17.9 Å². The van der Waals surface area contributed by atoms with Crippen molar-refractivity contribution < 1.29 is 29.1 Å². The molecule has 12 heteroatoms. The number of carboxylic acids is 1. The van der Waals surface area contributed by atoms with Crippen LogP contribution in [0.1, 0.15) is 104 Å². The van der Waals surface area contributed by atoms with Crippen molar-refractivity contribution in [1.82, 2.24) is 21.3 Å². The van der Waals surface area contributed by atoms with Crippen LogP contribution in [0.15, 0.2) is 60.7 Å². The van der Waals surface area contributed by atoms with E-state index < -0.39 is 34.7 Å². The maximum atomic E-state index is 13.7. The molecule has 0 radical (unpaired) electrons. The molecule has 10 nitrogen and oxygen atoms in total. The lowest BCUT2D eigenvalue weighted by Gasteiger charge is -2.30. The van der Waals surface area contributed by atoms with Crippen LogP contribution in [0.5, 0.6) is 0 Å². The van der Waals surface area contributed by atoms with E-state index in [1.807, 2.05) is 95.3 Å². The smallest absolute Gasteiger partial charge is 0.326 e. The number of benzene rings is 2. The molecule has 3 unspecified atom stereocenters. The third-order valence-electron chi connectivity index (χ3n) is 8.44. The average molecular weight is 743 g/mol. The summed E-state index contributed by atoms with van der Waals surface area (Å²) in [5.74, 6) is -1.97. The van der Waals surface area contributed by atoms with Crippen LogP contribution in [0.4, 0.5) is 0 Å². The molecular weight excluding hydrogens is 685 g/mol. The van der Waals surface area contributed by atoms with Gasteiger partial charge >= 0.3 is 5.97 Å². The number of carbonyl (C=O) groups is 5. The fraction of sp³-hybridized carbons (Fsp3) is 0.564. The zero-order valence-electron chi connectivity index (χ0n) is 30.8. The molecule has 0 bridgehead atoms. The van der Waals surface area contributed by atoms with Gasteiger partial charge in [-0.3, -0.25) is 19.2 Å². The van der Waals surface area contributed by atoms with Gasteiger partial charge in [-0.15, -0.1) is 11.7 Å². The molecule has 51 heavy (non-hydrogen) atoms. The normalized spacial score (nSPS) is 13.5. The number of hydrogen-bond acceptors (Lipinski definition) is 8. The molecule has 3 amide bonds. The van der Waals surface area contributed by atoms with Gasteiger partial charge in [0.15, 0.2) is 0 Å². The summed E-state index contributed by atoms with van der Waals surface area (Å²) in [7, 11) is 1.26. The SMILES string of the molecule is CC(C)(C)NC(Cc1ccccc1)C(=O)NC(Cc1ccccc1)C(=O)NC(CCCCNC(=O)CCCCCCC(=O)C(C)(C)SS)C(=O)O. The van der Waals surface area contributed by atoms with Crippen molar-refractivity contribution in [3.63, 3.8) is 0 Å². The molecule has 2 rings (SSSR count). The van der Waals surface area contributed by atoms with Crippen molar-refractivity contribution in [2.45, 2.75) is 134 Å². The van der Waals surface area contributed by atoms with Gasteiger partial charge in [0.05, 0.1) is 10.8 Å². The van der Waals surface area contributed by atoms with E-state index in [1.165, 1.54) is 10.8 Å². The molecule has 0 saturated carbocycles. The number of nitrogens with one attached hydrogen (secondary N) is 4. The minimum atomic E-state index is -1.16. The van der Waals surface area contributed by atoms with Crippen molar-refractivity contribution >= 4 is 51.9 Å². The summed E-state index contributed by atoms with van der Waals surface area (Å²) < 4.78 is -0.488. The number of rotatable bonds is 24. The first-order valence-electron chi connectivity index (χ1n) is 17.9. The molecule has 2 aromatic rings. The maximum absolute atomic E-state index is 13.7. The highest BCUT2D eigenvalue weighted by atomic mass is 33.1. The second-order valence-electron chi connectivity index (χ2n) is 14.6. The van der Waals surface area contributed by atoms with Crippen LogP contribution in [0.2, 0.25) is 0 Å². The van der Waals surface area contributed by atoms with Gasteiger partial charge in [-0.05, 0) is 84.3 Å². The van der Waals surface area contributed by atoms with E-state index in [4.69, 9.17) is 0 Å². The van der Waals surface area contributed by atoms with Crippen LogP contribution >= 0.6 is 22.5 Å². The summed E-state index contributed by atoms with van der Waals surface area (Å²) >= 11 is 4.17. The predicted octanol–water partition coefficient (Wildman–Crippen LogP) is 5.84. The van der Waals surface area contributed by atoms with E-state index in [0.29, 0.717) is 38.6 Å². The molecule has 0 aromatic heterocycles. The fourth-order valence-electron chi connectivity index (χ4n) is 5.51. The van der Waals surface area contributed by atoms with Crippen molar-refractivity contribution in [1.29, 1.82) is 0 Å². The van der Waals surface area contributed by atoms with Gasteiger partial charge in [0.25, 0.3) is 0 Å². The lowest BCUT2D eigenvalue weighted by atomic mass is 9.99. The van der Waals surface area contributed by atoms with Gasteiger partial charge in [-0.1, -0.05) is 84.3 Å². The van der Waals surface area contributed by atoms with Crippen LogP contribution in [-0.4, -0.2) is 69.5 Å². The molecule has 0 aliphatic carbocycles. The predicted molar refractivity (Wildman–Crippen MR) is 209 cm³/mol. The van der Waals surface area contributed by atoms with Crippen LogP contribution in [0, 0.1) is 0 Å². The van der Waals surface area contributed by atoms with Crippen molar-refractivity contribution in [2.24, 2.45) is 0 Å². The molecular formula is C39H58N4O6S2. The summed E-state index contributed by atoms with van der Waals surface area (Å²) in [6.07, 6.45) is 5.97. The Hall–Kier alpha value is -3.35. The minimum absolute atomic E-state index is 0.0622. The second-order valence-corrected chi connectivity index (χ2v) is 16.3. The number of ketones is 1. The molecule has 0 saturated heterocycles. The topological polar surface area (TPSA) is 154 Å². The lowest BCUT2D eigenvalue weighted by Crippen LogP contribution is -2.58. The molecule has 0 heterocycles. The Morgan fingerprint density at radius 3 is 1.73 bits per heavy atom. The Morgan fingerprint density at radius 1 is 0.686 bits per heavy atom. The number of carbonyl (C=O) groups excluding carboxylic acids is 4. The largest absolute Gasteiger partial charge is 0.480 e. The summed E-state index contributed by atoms with van der Waals surface area (Å²) in [5, 5.41) is 21.7. The molecule has 2 aromatic carbocycles. The number of aliphatic carboxylic acids is 1. The monoisotopic (exact) mass is 742 g/mol. The van der Waals surface area contributed by atoms with Gasteiger partial charge < -0.3 is 26.4 Å². The lowest BCUT2D eigenvalue weighted by molar-refractivity contribution is -0.142. The van der Waals surface area contributed by atoms with Crippen molar-refractivity contribution in [2.75, 3.05) is 6.54 Å². The van der Waals surface area contributed by atoms with E-state index in [0.717, 1.165) is 36.8 Å². The van der Waals surface area contributed by atoms with Crippen LogP contribution in [-0.2, 0) is 36.8 Å². The van der Waals surface area contributed by atoms with Gasteiger partial charge in [0.2, 0.25) is 17.7 Å². The number of thiol groups is 1. The Balaban J connectivity index is 1.89. The Bertz CT molecular complexity index is 1390. The van der Waals surface area contributed by atoms with Gasteiger partial charge in [-0.2, -0.15) is 0 Å². The van der Waals surface area contributed by atoms with E-state index in [-0.39, 0.29) is 36.0 Å². The molecule has 3 atom stereocenters. The summed E-state index contributed by atoms with van der Waals surface area (Å²) in [6, 6.07) is 16.1. The summed E-state index contributed by atoms with van der Waals surface area (Å²) in [5.41, 5.74) is 1.41. The molecule has 0 aliphatic heterocycles. The first-order chi connectivity index (χ1) is 24.1. The standard InChI is InChI=1S/C39H58N4O6S2/c1-38(2,3)43-32(27-29-20-12-9-13-21-29)36(47)42-31(26-28-18-10-8-11-19-28)35(46)41-30(37(48)49)22-16-17-25-40-34(45)24-15-7-6-14-23-33(44)39(4,5)51-50/h8-13,18-21,30-32,43,50H,6-7,14-17,22-27H2,1-5H3,(H,40,45)(H,41,46)(H,42,47)(H,48,49). The third kappa shape index (κ3) is 18.1. The Kier molecular flexibility index (Phi) is 19.4. The van der Waals surface area contributed by atoms with E-state index in [1.54, 1.807) is 0 Å². The van der Waals surface area contributed by atoms with Crippen LogP contribution < -0.4 is 21.3 Å². The molecule has 0 fully saturated rings. The highest BCUT2D eigenvalue weighted by Gasteiger charge is 2.31. The summed E-state index contributed by atoms with van der Waals surface area (Å²) in [6.45, 7) is 10.0. The van der Waals surface area contributed by atoms with Gasteiger partial charge in [-0.25, -0.2) is 4.79 Å². The van der Waals surface area contributed by atoms with Crippen LogP contribution in [0.3, 0.4) is 0 Å². The highest BCUT2D eigenvalue weighted by molar-refractivity contribution is 8.69. The molecule has 5 N–H and O–H groups in total. The second kappa shape index (κ2) is 22.6. The Labute approximate surface area is 313 Å². The summed E-state index contributed by atoms with van der Waals surface area (Å²) in [4.78, 5) is 64.0.